The second-order valence-corrected chi connectivity index (χ2v) is 9.71. The number of hydrogen-bond donors (Lipinski definition) is 1. The quantitative estimate of drug-likeness (QED) is 0.388. The molecule has 1 saturated carbocycles. The molecule has 1 aromatic carbocycles. The van der Waals surface area contributed by atoms with Crippen LogP contribution in [-0.2, 0) is 16.1 Å². The third kappa shape index (κ3) is 4.51. The molecule has 33 heavy (non-hydrogen) atoms. The number of thiophene rings is 1. The fourth-order valence-corrected chi connectivity index (χ4v) is 5.46. The van der Waals surface area contributed by atoms with Gasteiger partial charge in [0.05, 0.1) is 25.3 Å². The summed E-state index contributed by atoms with van der Waals surface area (Å²) in [4.78, 5) is 29.0. The highest BCUT2D eigenvalue weighted by atomic mass is 32.2. The predicted molar refractivity (Wildman–Crippen MR) is 124 cm³/mol. The summed E-state index contributed by atoms with van der Waals surface area (Å²) in [5.41, 5.74) is 1.92. The van der Waals surface area contributed by atoms with Crippen LogP contribution >= 0.6 is 23.1 Å². The van der Waals surface area contributed by atoms with E-state index in [2.05, 4.69) is 20.8 Å². The molecule has 3 heterocycles. The zero-order valence-corrected chi connectivity index (χ0v) is 19.5. The lowest BCUT2D eigenvalue weighted by Gasteiger charge is -2.36. The van der Waals surface area contributed by atoms with E-state index in [1.807, 2.05) is 47.8 Å². The Balaban J connectivity index is 1.50. The summed E-state index contributed by atoms with van der Waals surface area (Å²) in [5.74, 6) is -0.0917. The lowest BCUT2D eigenvalue weighted by atomic mass is 9.95. The average molecular weight is 483 g/mol. The maximum atomic E-state index is 13.1. The van der Waals surface area contributed by atoms with Crippen molar-refractivity contribution in [1.82, 2.24) is 30.4 Å². The molecule has 1 aliphatic heterocycles. The zero-order valence-electron chi connectivity index (χ0n) is 17.9. The van der Waals surface area contributed by atoms with E-state index in [1.165, 1.54) is 18.9 Å². The zero-order chi connectivity index (χ0) is 22.8. The standard InChI is InChI=1S/C22H22N6O3S2/c1-31-20(29)18-17(13-33-22-24-25-26-27(22)12-16-8-5-11-32-16)28(15-9-10-15)21(30)23-19(18)14-6-3-2-4-7-14/h2-8,11,15,19H,9-10,12-13H2,1H3,(H,23,30). The maximum Gasteiger partial charge on any atom is 0.338 e. The summed E-state index contributed by atoms with van der Waals surface area (Å²) in [6.07, 6.45) is 1.81. The number of nitrogens with zero attached hydrogens (tertiary/aromatic N) is 5. The van der Waals surface area contributed by atoms with Gasteiger partial charge < -0.3 is 10.1 Å². The lowest BCUT2D eigenvalue weighted by molar-refractivity contribution is -0.136. The number of carbonyl (C=O) groups is 2. The molecule has 1 fully saturated rings. The minimum absolute atomic E-state index is 0.0825. The smallest absolute Gasteiger partial charge is 0.338 e. The summed E-state index contributed by atoms with van der Waals surface area (Å²) in [6.45, 7) is 0.565. The Bertz CT molecular complexity index is 1170. The number of carbonyl (C=O) groups excluding carboxylic acids is 2. The number of nitrogens with one attached hydrogen (secondary N) is 1. The molecule has 11 heteroatoms. The summed E-state index contributed by atoms with van der Waals surface area (Å²) in [6, 6.07) is 12.8. The highest BCUT2D eigenvalue weighted by molar-refractivity contribution is 7.99. The number of amides is 2. The maximum absolute atomic E-state index is 13.1. The molecule has 2 aliphatic rings. The van der Waals surface area contributed by atoms with Gasteiger partial charge >= 0.3 is 12.0 Å². The van der Waals surface area contributed by atoms with Gasteiger partial charge in [-0.05, 0) is 40.3 Å². The monoisotopic (exact) mass is 482 g/mol. The number of esters is 1. The van der Waals surface area contributed by atoms with E-state index in [1.54, 1.807) is 20.9 Å². The number of aromatic nitrogens is 4. The second kappa shape index (κ2) is 9.36. The van der Waals surface area contributed by atoms with Crippen LogP contribution in [0.4, 0.5) is 4.79 Å². The Morgan fingerprint density at radius 1 is 1.24 bits per heavy atom. The van der Waals surface area contributed by atoms with Crippen molar-refractivity contribution in [1.29, 1.82) is 0 Å². The van der Waals surface area contributed by atoms with Gasteiger partial charge in [-0.1, -0.05) is 48.2 Å². The van der Waals surface area contributed by atoms with Crippen molar-refractivity contribution in [3.8, 4) is 0 Å². The van der Waals surface area contributed by atoms with Crippen LogP contribution in [0.2, 0.25) is 0 Å². The van der Waals surface area contributed by atoms with E-state index < -0.39 is 12.0 Å². The van der Waals surface area contributed by atoms with Crippen molar-refractivity contribution >= 4 is 35.1 Å². The minimum Gasteiger partial charge on any atom is -0.466 e. The fraction of sp³-hybridized carbons (Fsp3) is 0.318. The van der Waals surface area contributed by atoms with E-state index in [0.717, 1.165) is 23.3 Å². The Labute approximate surface area is 198 Å². The fourth-order valence-electron chi connectivity index (χ4n) is 3.87. The summed E-state index contributed by atoms with van der Waals surface area (Å²) in [5, 5.41) is 17.7. The van der Waals surface area contributed by atoms with Crippen molar-refractivity contribution in [3.63, 3.8) is 0 Å². The SMILES string of the molecule is COC(=O)C1=C(CSc2nnnn2Cc2cccs2)N(C2CC2)C(=O)NC1c1ccccc1. The van der Waals surface area contributed by atoms with Gasteiger partial charge in [0.2, 0.25) is 5.16 Å². The van der Waals surface area contributed by atoms with Gasteiger partial charge in [0.15, 0.2) is 0 Å². The molecular weight excluding hydrogens is 460 g/mol. The number of hydrogen-bond acceptors (Lipinski definition) is 8. The molecule has 2 amide bonds. The predicted octanol–water partition coefficient (Wildman–Crippen LogP) is 3.23. The van der Waals surface area contributed by atoms with E-state index in [4.69, 9.17) is 4.74 Å². The van der Waals surface area contributed by atoms with Crippen LogP contribution in [0.15, 0.2) is 64.3 Å². The van der Waals surface area contributed by atoms with Crippen LogP contribution < -0.4 is 5.32 Å². The minimum atomic E-state index is -0.584. The van der Waals surface area contributed by atoms with E-state index in [-0.39, 0.29) is 12.1 Å². The van der Waals surface area contributed by atoms with Gasteiger partial charge in [-0.3, -0.25) is 4.90 Å². The van der Waals surface area contributed by atoms with Gasteiger partial charge in [0, 0.05) is 22.4 Å². The normalized spacial score (nSPS) is 18.4. The van der Waals surface area contributed by atoms with E-state index >= 15 is 0 Å². The first-order valence-corrected chi connectivity index (χ1v) is 12.4. The largest absolute Gasteiger partial charge is 0.466 e. The van der Waals surface area contributed by atoms with Gasteiger partial charge in [-0.15, -0.1) is 16.4 Å². The highest BCUT2D eigenvalue weighted by Gasteiger charge is 2.44. The molecule has 3 aromatic rings. The second-order valence-electron chi connectivity index (χ2n) is 7.73. The van der Waals surface area contributed by atoms with E-state index in [0.29, 0.717) is 28.7 Å². The first kappa shape index (κ1) is 21.7. The number of urea groups is 1. The first-order chi connectivity index (χ1) is 16.2. The van der Waals surface area contributed by atoms with Crippen molar-refractivity contribution in [2.75, 3.05) is 12.9 Å². The molecular formula is C22H22N6O3S2. The van der Waals surface area contributed by atoms with Gasteiger partial charge in [-0.2, -0.15) is 0 Å². The molecule has 0 saturated heterocycles. The summed E-state index contributed by atoms with van der Waals surface area (Å²) < 4.78 is 6.89. The first-order valence-electron chi connectivity index (χ1n) is 10.5. The van der Waals surface area contributed by atoms with Crippen LogP contribution in [0.25, 0.3) is 0 Å². The van der Waals surface area contributed by atoms with E-state index in [9.17, 15) is 9.59 Å². The van der Waals surface area contributed by atoms with Crippen LogP contribution in [0.1, 0.15) is 29.3 Å². The van der Waals surface area contributed by atoms with Crippen molar-refractivity contribution in [2.24, 2.45) is 0 Å². The molecule has 0 radical (unpaired) electrons. The van der Waals surface area contributed by atoms with Gasteiger partial charge in [0.25, 0.3) is 0 Å². The molecule has 1 atom stereocenters. The van der Waals surface area contributed by atoms with Crippen LogP contribution in [0, 0.1) is 0 Å². The van der Waals surface area contributed by atoms with Crippen LogP contribution in [0.3, 0.4) is 0 Å². The summed E-state index contributed by atoms with van der Waals surface area (Å²) >= 11 is 3.04. The Hall–Kier alpha value is -3.18. The molecule has 0 bridgehead atoms. The average Bonchev–Trinajstić information content (AvgIpc) is 3.35. The van der Waals surface area contributed by atoms with Crippen LogP contribution in [0.5, 0.6) is 0 Å². The van der Waals surface area contributed by atoms with Gasteiger partial charge in [-0.25, -0.2) is 14.3 Å². The van der Waals surface area contributed by atoms with Gasteiger partial charge in [0.1, 0.15) is 0 Å². The molecule has 5 rings (SSSR count). The molecule has 170 valence electrons. The Morgan fingerprint density at radius 3 is 2.76 bits per heavy atom. The number of ether oxygens (including phenoxy) is 1. The number of methoxy groups -OCH3 is 1. The van der Waals surface area contributed by atoms with Crippen molar-refractivity contribution < 1.29 is 14.3 Å². The molecule has 1 aliphatic carbocycles. The highest BCUT2D eigenvalue weighted by Crippen LogP contribution is 2.39. The number of benzene rings is 1. The van der Waals surface area contributed by atoms with Crippen molar-refractivity contribution in [3.05, 3.63) is 69.6 Å². The third-order valence-corrected chi connectivity index (χ3v) is 7.38. The van der Waals surface area contributed by atoms with Crippen molar-refractivity contribution in [2.45, 2.75) is 36.6 Å². The topological polar surface area (TPSA) is 102 Å². The third-order valence-electron chi connectivity index (χ3n) is 5.55. The lowest BCUT2D eigenvalue weighted by Crippen LogP contribution is -2.50. The Morgan fingerprint density at radius 2 is 2.06 bits per heavy atom. The number of thioether (sulfide) groups is 1. The Kier molecular flexibility index (Phi) is 6.14. The van der Waals surface area contributed by atoms with Crippen LogP contribution in [-0.4, -0.2) is 56.0 Å². The number of tetrazole rings is 1. The molecule has 0 spiro atoms. The summed E-state index contributed by atoms with van der Waals surface area (Å²) in [7, 11) is 1.36. The molecule has 2 aromatic heterocycles. The molecule has 1 N–H and O–H groups in total. The number of rotatable bonds is 8. The molecule has 9 nitrogen and oxygen atoms in total. The molecule has 1 unspecified atom stereocenters.